The Hall–Kier alpha value is -1.86. The molecule has 1 heterocycles. The van der Waals surface area contributed by atoms with E-state index >= 15 is 0 Å². The first-order chi connectivity index (χ1) is 10.7. The third-order valence-electron chi connectivity index (χ3n) is 2.77. The molecule has 1 aromatic heterocycles. The molecular weight excluding hydrogens is 349 g/mol. The number of hydrogen-bond acceptors (Lipinski definition) is 3. The van der Waals surface area contributed by atoms with Gasteiger partial charge in [-0.3, -0.25) is 4.79 Å². The van der Waals surface area contributed by atoms with E-state index in [4.69, 9.17) is 11.6 Å². The van der Waals surface area contributed by atoms with E-state index in [9.17, 15) is 18.0 Å². The molecule has 2 rings (SSSR count). The lowest BCUT2D eigenvalue weighted by molar-refractivity contribution is -0.141. The Kier molecular flexibility index (Phi) is 5.11. The van der Waals surface area contributed by atoms with Crippen molar-refractivity contribution in [2.75, 3.05) is 0 Å². The van der Waals surface area contributed by atoms with Gasteiger partial charge in [-0.1, -0.05) is 23.7 Å². The Morgan fingerprint density at radius 2 is 1.91 bits per heavy atom. The summed E-state index contributed by atoms with van der Waals surface area (Å²) in [5, 5.41) is 3.20. The number of benzene rings is 1. The van der Waals surface area contributed by atoms with Crippen LogP contribution in [0.15, 0.2) is 30.0 Å². The normalized spacial score (nSPS) is 12.3. The molecule has 1 amide bonds. The van der Waals surface area contributed by atoms with Crippen LogP contribution in [0, 0.1) is 6.92 Å². The van der Waals surface area contributed by atoms with E-state index in [1.54, 1.807) is 37.3 Å². The summed E-state index contributed by atoms with van der Waals surface area (Å²) in [5.74, 6) is -0.828. The number of halogens is 4. The van der Waals surface area contributed by atoms with Crippen LogP contribution in [-0.4, -0.2) is 10.9 Å². The van der Waals surface area contributed by atoms with Crippen molar-refractivity contribution < 1.29 is 18.0 Å². The summed E-state index contributed by atoms with van der Waals surface area (Å²) in [5.41, 5.74) is 0.0250. The molecule has 2 aromatic rings. The third-order valence-corrected chi connectivity index (χ3v) is 3.99. The van der Waals surface area contributed by atoms with Crippen LogP contribution < -0.4 is 5.32 Å². The fourth-order valence-corrected chi connectivity index (χ4v) is 2.81. The fraction of sp³-hybridized carbons (Fsp3) is 0.200. The van der Waals surface area contributed by atoms with Crippen molar-refractivity contribution in [3.8, 4) is 0 Å². The van der Waals surface area contributed by atoms with Crippen LogP contribution >= 0.6 is 22.9 Å². The van der Waals surface area contributed by atoms with Gasteiger partial charge in [0, 0.05) is 10.7 Å². The topological polar surface area (TPSA) is 42.0 Å². The molecule has 23 heavy (non-hydrogen) atoms. The summed E-state index contributed by atoms with van der Waals surface area (Å²) in [6, 6.07) is 6.82. The molecule has 0 saturated carbocycles. The van der Waals surface area contributed by atoms with Crippen molar-refractivity contribution >= 4 is 34.9 Å². The summed E-state index contributed by atoms with van der Waals surface area (Å²) >= 11 is 6.48. The molecule has 0 aliphatic heterocycles. The maximum atomic E-state index is 12.9. The average Bonchev–Trinajstić information content (AvgIpc) is 2.83. The number of nitrogens with one attached hydrogen (secondary N) is 1. The molecule has 1 N–H and O–H groups in total. The molecule has 8 heteroatoms. The molecule has 0 aliphatic rings. The lowest BCUT2D eigenvalue weighted by Crippen LogP contribution is -2.23. The lowest BCUT2D eigenvalue weighted by Gasteiger charge is -2.07. The molecule has 0 spiro atoms. The van der Waals surface area contributed by atoms with E-state index in [1.807, 2.05) is 0 Å². The van der Waals surface area contributed by atoms with Crippen LogP contribution in [-0.2, 0) is 6.18 Å². The summed E-state index contributed by atoms with van der Waals surface area (Å²) in [4.78, 5) is 15.0. The van der Waals surface area contributed by atoms with Gasteiger partial charge in [0.05, 0.1) is 5.01 Å². The minimum atomic E-state index is -4.66. The Morgan fingerprint density at radius 3 is 2.48 bits per heavy atom. The van der Waals surface area contributed by atoms with E-state index in [-0.39, 0.29) is 5.01 Å². The second-order valence-electron chi connectivity index (χ2n) is 4.74. The number of amides is 1. The van der Waals surface area contributed by atoms with Gasteiger partial charge < -0.3 is 5.32 Å². The van der Waals surface area contributed by atoms with Crippen molar-refractivity contribution in [3.63, 3.8) is 0 Å². The third kappa shape index (κ3) is 4.56. The van der Waals surface area contributed by atoms with Gasteiger partial charge in [0.15, 0.2) is 5.69 Å². The molecule has 0 unspecified atom stereocenters. The van der Waals surface area contributed by atoms with Crippen molar-refractivity contribution in [1.29, 1.82) is 0 Å². The second kappa shape index (κ2) is 6.72. The highest BCUT2D eigenvalue weighted by atomic mass is 35.5. The number of carbonyl (C=O) groups excluding carboxylic acids is 1. The maximum Gasteiger partial charge on any atom is 0.435 e. The molecule has 0 atom stereocenters. The summed E-state index contributed by atoms with van der Waals surface area (Å²) in [6.07, 6.45) is -3.03. The van der Waals surface area contributed by atoms with Crippen LogP contribution in [0.5, 0.6) is 0 Å². The molecular formula is C15H12ClF3N2OS. The molecule has 0 aliphatic carbocycles. The molecule has 122 valence electrons. The SMILES string of the molecule is C/C(=C\c1ccc(Cl)cc1)NC(=O)c1sc(C)nc1C(F)(F)F. The molecule has 0 bridgehead atoms. The predicted octanol–water partition coefficient (Wildman–Crippen LogP) is 4.91. The van der Waals surface area contributed by atoms with Gasteiger partial charge in [0.2, 0.25) is 0 Å². The van der Waals surface area contributed by atoms with Crippen LogP contribution in [0.2, 0.25) is 5.02 Å². The Balaban J connectivity index is 2.20. The van der Waals surface area contributed by atoms with Crippen molar-refractivity contribution in [3.05, 3.63) is 56.1 Å². The molecule has 0 fully saturated rings. The molecule has 0 radical (unpaired) electrons. The fourth-order valence-electron chi connectivity index (χ4n) is 1.85. The number of nitrogens with zero attached hydrogens (tertiary/aromatic N) is 1. The number of hydrogen-bond donors (Lipinski definition) is 1. The standard InChI is InChI=1S/C15H12ClF3N2OS/c1-8(7-10-3-5-11(16)6-4-10)20-14(22)12-13(15(17,18)19)21-9(2)23-12/h3-7H,1-2H3,(H,20,22)/b8-7+. The van der Waals surface area contributed by atoms with Crippen molar-refractivity contribution in [2.45, 2.75) is 20.0 Å². The number of allylic oxidation sites excluding steroid dienone is 1. The van der Waals surface area contributed by atoms with Gasteiger partial charge in [0.25, 0.3) is 5.91 Å². The first-order valence-corrected chi connectivity index (χ1v) is 7.66. The van der Waals surface area contributed by atoms with Gasteiger partial charge >= 0.3 is 6.18 Å². The van der Waals surface area contributed by atoms with E-state index in [0.717, 1.165) is 5.56 Å². The maximum absolute atomic E-state index is 12.9. The second-order valence-corrected chi connectivity index (χ2v) is 6.38. The monoisotopic (exact) mass is 360 g/mol. The van der Waals surface area contributed by atoms with E-state index in [1.165, 1.54) is 6.92 Å². The van der Waals surface area contributed by atoms with Crippen LogP contribution in [0.3, 0.4) is 0 Å². The van der Waals surface area contributed by atoms with Crippen molar-refractivity contribution in [2.24, 2.45) is 0 Å². The zero-order valence-corrected chi connectivity index (χ0v) is 13.7. The zero-order valence-electron chi connectivity index (χ0n) is 12.2. The summed E-state index contributed by atoms with van der Waals surface area (Å²) < 4.78 is 38.6. The number of aromatic nitrogens is 1. The van der Waals surface area contributed by atoms with Crippen LogP contribution in [0.1, 0.15) is 32.9 Å². The van der Waals surface area contributed by atoms with Gasteiger partial charge in [0.1, 0.15) is 4.88 Å². The number of carbonyl (C=O) groups is 1. The molecule has 3 nitrogen and oxygen atoms in total. The first-order valence-electron chi connectivity index (χ1n) is 6.46. The van der Waals surface area contributed by atoms with Gasteiger partial charge in [-0.25, -0.2) is 4.98 Å². The smallest absolute Gasteiger partial charge is 0.325 e. The predicted molar refractivity (Wildman–Crippen MR) is 84.4 cm³/mol. The minimum Gasteiger partial charge on any atom is -0.325 e. The van der Waals surface area contributed by atoms with Crippen molar-refractivity contribution in [1.82, 2.24) is 10.3 Å². The molecule has 1 aromatic carbocycles. The zero-order chi connectivity index (χ0) is 17.2. The Morgan fingerprint density at radius 1 is 1.30 bits per heavy atom. The highest BCUT2D eigenvalue weighted by Gasteiger charge is 2.39. The Bertz CT molecular complexity index is 751. The summed E-state index contributed by atoms with van der Waals surface area (Å²) in [7, 11) is 0. The average molecular weight is 361 g/mol. The Labute approximate surface area is 139 Å². The largest absolute Gasteiger partial charge is 0.435 e. The van der Waals surface area contributed by atoms with E-state index in [2.05, 4.69) is 10.3 Å². The quantitative estimate of drug-likeness (QED) is 0.844. The number of rotatable bonds is 3. The van der Waals surface area contributed by atoms with E-state index in [0.29, 0.717) is 22.1 Å². The number of alkyl halides is 3. The van der Waals surface area contributed by atoms with Gasteiger partial charge in [-0.15, -0.1) is 11.3 Å². The minimum absolute atomic E-state index is 0.182. The number of thiazole rings is 1. The lowest BCUT2D eigenvalue weighted by atomic mass is 10.2. The number of aryl methyl sites for hydroxylation is 1. The highest BCUT2D eigenvalue weighted by molar-refractivity contribution is 7.13. The summed E-state index contributed by atoms with van der Waals surface area (Å²) in [6.45, 7) is 3.01. The van der Waals surface area contributed by atoms with Gasteiger partial charge in [-0.05, 0) is 37.6 Å². The van der Waals surface area contributed by atoms with Gasteiger partial charge in [-0.2, -0.15) is 13.2 Å². The first kappa shape index (κ1) is 17.5. The molecule has 0 saturated heterocycles. The van der Waals surface area contributed by atoms with E-state index < -0.39 is 22.7 Å². The van der Waals surface area contributed by atoms with Crippen LogP contribution in [0.25, 0.3) is 6.08 Å². The highest BCUT2D eigenvalue weighted by Crippen LogP contribution is 2.34. The van der Waals surface area contributed by atoms with Crippen LogP contribution in [0.4, 0.5) is 13.2 Å².